The Labute approximate surface area is 157 Å². The SMILES string of the molecule is Cc1c(C(=O)OCC(=O)N(C)Cc2ccccc2)cnn1-c1ccccn1. The van der Waals surface area contributed by atoms with Crippen LogP contribution in [0.3, 0.4) is 0 Å². The molecule has 0 aliphatic rings. The van der Waals surface area contributed by atoms with Gasteiger partial charge in [-0.15, -0.1) is 0 Å². The molecule has 1 amide bonds. The summed E-state index contributed by atoms with van der Waals surface area (Å²) in [6, 6.07) is 15.0. The zero-order chi connectivity index (χ0) is 19.2. The van der Waals surface area contributed by atoms with Crippen LogP contribution in [-0.4, -0.2) is 45.2 Å². The molecule has 0 saturated heterocycles. The van der Waals surface area contributed by atoms with E-state index in [-0.39, 0.29) is 12.5 Å². The summed E-state index contributed by atoms with van der Waals surface area (Å²) in [6.07, 6.45) is 3.07. The largest absolute Gasteiger partial charge is 0.452 e. The lowest BCUT2D eigenvalue weighted by atomic mass is 10.2. The number of hydrogen-bond acceptors (Lipinski definition) is 5. The van der Waals surface area contributed by atoms with E-state index in [1.807, 2.05) is 36.4 Å². The molecule has 0 bridgehead atoms. The van der Waals surface area contributed by atoms with Crippen LogP contribution >= 0.6 is 0 Å². The molecule has 2 aromatic heterocycles. The molecule has 0 unspecified atom stereocenters. The highest BCUT2D eigenvalue weighted by Crippen LogP contribution is 2.13. The average molecular weight is 364 g/mol. The minimum atomic E-state index is -0.587. The first kappa shape index (κ1) is 18.3. The maximum absolute atomic E-state index is 12.3. The van der Waals surface area contributed by atoms with E-state index >= 15 is 0 Å². The summed E-state index contributed by atoms with van der Waals surface area (Å²) in [5.41, 5.74) is 1.91. The summed E-state index contributed by atoms with van der Waals surface area (Å²) < 4.78 is 6.73. The molecule has 7 heteroatoms. The van der Waals surface area contributed by atoms with E-state index < -0.39 is 5.97 Å². The highest BCUT2D eigenvalue weighted by Gasteiger charge is 2.19. The lowest BCUT2D eigenvalue weighted by molar-refractivity contribution is -0.133. The zero-order valence-corrected chi connectivity index (χ0v) is 15.2. The van der Waals surface area contributed by atoms with E-state index in [2.05, 4.69) is 10.1 Å². The van der Waals surface area contributed by atoms with Gasteiger partial charge in [-0.1, -0.05) is 36.4 Å². The summed E-state index contributed by atoms with van der Waals surface area (Å²) in [5.74, 6) is -0.258. The number of pyridine rings is 1. The third kappa shape index (κ3) is 4.38. The van der Waals surface area contributed by atoms with Gasteiger partial charge in [0.1, 0.15) is 5.56 Å². The van der Waals surface area contributed by atoms with Crippen molar-refractivity contribution >= 4 is 11.9 Å². The topological polar surface area (TPSA) is 77.3 Å². The maximum Gasteiger partial charge on any atom is 0.342 e. The van der Waals surface area contributed by atoms with Crippen LogP contribution in [0, 0.1) is 6.92 Å². The van der Waals surface area contributed by atoms with E-state index in [1.165, 1.54) is 11.1 Å². The lowest BCUT2D eigenvalue weighted by Gasteiger charge is -2.17. The summed E-state index contributed by atoms with van der Waals surface area (Å²) in [4.78, 5) is 30.3. The van der Waals surface area contributed by atoms with Crippen LogP contribution in [0.2, 0.25) is 0 Å². The van der Waals surface area contributed by atoms with Gasteiger partial charge in [-0.05, 0) is 24.6 Å². The predicted molar refractivity (Wildman–Crippen MR) is 99.3 cm³/mol. The second kappa shape index (κ2) is 8.27. The number of ether oxygens (including phenoxy) is 1. The van der Waals surface area contributed by atoms with Crippen LogP contribution in [0.4, 0.5) is 0 Å². The molecule has 27 heavy (non-hydrogen) atoms. The molecule has 1 aromatic carbocycles. The molecule has 2 heterocycles. The van der Waals surface area contributed by atoms with Crippen molar-refractivity contribution in [3.8, 4) is 5.82 Å². The standard InChI is InChI=1S/C20H20N4O3/c1-15-17(12-22-24(15)18-10-6-7-11-21-18)20(26)27-14-19(25)23(2)13-16-8-4-3-5-9-16/h3-12H,13-14H2,1-2H3. The molecule has 0 spiro atoms. The number of esters is 1. The first-order chi connectivity index (χ1) is 13.1. The van der Waals surface area contributed by atoms with Crippen molar-refractivity contribution in [2.75, 3.05) is 13.7 Å². The molecule has 7 nitrogen and oxygen atoms in total. The minimum Gasteiger partial charge on any atom is -0.452 e. The first-order valence-corrected chi connectivity index (χ1v) is 8.47. The molecule has 0 radical (unpaired) electrons. The van der Waals surface area contributed by atoms with Crippen LogP contribution in [0.5, 0.6) is 0 Å². The van der Waals surface area contributed by atoms with Crippen molar-refractivity contribution in [1.82, 2.24) is 19.7 Å². The summed E-state index contributed by atoms with van der Waals surface area (Å²) in [6.45, 7) is 1.88. The van der Waals surface area contributed by atoms with Gasteiger partial charge >= 0.3 is 5.97 Å². The van der Waals surface area contributed by atoms with Crippen LogP contribution in [0.15, 0.2) is 60.9 Å². The summed E-state index contributed by atoms with van der Waals surface area (Å²) in [7, 11) is 1.67. The van der Waals surface area contributed by atoms with Crippen LogP contribution < -0.4 is 0 Å². The van der Waals surface area contributed by atoms with Crippen molar-refractivity contribution in [1.29, 1.82) is 0 Å². The Morgan fingerprint density at radius 1 is 1.11 bits per heavy atom. The number of amides is 1. The monoisotopic (exact) mass is 364 g/mol. The van der Waals surface area contributed by atoms with Gasteiger partial charge in [0.2, 0.25) is 0 Å². The van der Waals surface area contributed by atoms with Gasteiger partial charge in [0, 0.05) is 19.8 Å². The van der Waals surface area contributed by atoms with Crippen molar-refractivity contribution in [3.63, 3.8) is 0 Å². The van der Waals surface area contributed by atoms with Gasteiger partial charge in [0.25, 0.3) is 5.91 Å². The number of carbonyl (C=O) groups is 2. The first-order valence-electron chi connectivity index (χ1n) is 8.47. The van der Waals surface area contributed by atoms with E-state index in [0.29, 0.717) is 23.6 Å². The van der Waals surface area contributed by atoms with Gasteiger partial charge in [-0.3, -0.25) is 4.79 Å². The second-order valence-corrected chi connectivity index (χ2v) is 6.05. The number of nitrogens with zero attached hydrogens (tertiary/aromatic N) is 4. The predicted octanol–water partition coefficient (Wildman–Crippen LogP) is 2.39. The molecular weight excluding hydrogens is 344 g/mol. The van der Waals surface area contributed by atoms with Crippen molar-refractivity contribution in [3.05, 3.63) is 77.7 Å². The molecule has 3 rings (SSSR count). The van der Waals surface area contributed by atoms with Crippen molar-refractivity contribution in [2.45, 2.75) is 13.5 Å². The second-order valence-electron chi connectivity index (χ2n) is 6.05. The highest BCUT2D eigenvalue weighted by atomic mass is 16.5. The molecule has 0 aliphatic carbocycles. The molecule has 0 fully saturated rings. The Kier molecular flexibility index (Phi) is 5.61. The quantitative estimate of drug-likeness (QED) is 0.628. The number of hydrogen-bond donors (Lipinski definition) is 0. The van der Waals surface area contributed by atoms with E-state index in [9.17, 15) is 9.59 Å². The fourth-order valence-corrected chi connectivity index (χ4v) is 2.58. The number of likely N-dealkylation sites (N-methyl/N-ethyl adjacent to an activating group) is 1. The van der Waals surface area contributed by atoms with Crippen LogP contribution in [0.1, 0.15) is 21.6 Å². The van der Waals surface area contributed by atoms with Crippen molar-refractivity contribution in [2.24, 2.45) is 0 Å². The Morgan fingerprint density at radius 2 is 1.85 bits per heavy atom. The molecule has 0 saturated carbocycles. The minimum absolute atomic E-state index is 0.276. The Morgan fingerprint density at radius 3 is 2.56 bits per heavy atom. The zero-order valence-electron chi connectivity index (χ0n) is 15.2. The number of aromatic nitrogens is 3. The normalized spacial score (nSPS) is 10.4. The Balaban J connectivity index is 1.59. The van der Waals surface area contributed by atoms with E-state index in [1.54, 1.807) is 37.0 Å². The third-order valence-electron chi connectivity index (χ3n) is 4.11. The molecule has 138 valence electrons. The van der Waals surface area contributed by atoms with Gasteiger partial charge < -0.3 is 9.64 Å². The summed E-state index contributed by atoms with van der Waals surface area (Å²) >= 11 is 0. The van der Waals surface area contributed by atoms with E-state index in [0.717, 1.165) is 5.56 Å². The number of carbonyl (C=O) groups excluding carboxylic acids is 2. The Bertz CT molecular complexity index is 923. The van der Waals surface area contributed by atoms with Gasteiger partial charge in [0.15, 0.2) is 12.4 Å². The molecule has 0 atom stereocenters. The number of rotatable bonds is 6. The molecule has 0 N–H and O–H groups in total. The maximum atomic E-state index is 12.3. The van der Waals surface area contributed by atoms with E-state index in [4.69, 9.17) is 4.74 Å². The highest BCUT2D eigenvalue weighted by molar-refractivity contribution is 5.92. The molecular formula is C20H20N4O3. The van der Waals surface area contributed by atoms with Gasteiger partial charge in [-0.2, -0.15) is 5.10 Å². The van der Waals surface area contributed by atoms with Crippen molar-refractivity contribution < 1.29 is 14.3 Å². The fraction of sp³-hybridized carbons (Fsp3) is 0.200. The number of benzene rings is 1. The smallest absolute Gasteiger partial charge is 0.342 e. The Hall–Kier alpha value is -3.48. The molecule has 0 aliphatic heterocycles. The molecule has 3 aromatic rings. The third-order valence-corrected chi connectivity index (χ3v) is 4.11. The average Bonchev–Trinajstić information content (AvgIpc) is 3.08. The van der Waals surface area contributed by atoms with Gasteiger partial charge in [-0.25, -0.2) is 14.5 Å². The summed E-state index contributed by atoms with van der Waals surface area (Å²) in [5, 5.41) is 4.18. The fourth-order valence-electron chi connectivity index (χ4n) is 2.58. The lowest BCUT2D eigenvalue weighted by Crippen LogP contribution is -2.30. The van der Waals surface area contributed by atoms with Crippen LogP contribution in [-0.2, 0) is 16.1 Å². The van der Waals surface area contributed by atoms with Gasteiger partial charge in [0.05, 0.1) is 11.9 Å². The van der Waals surface area contributed by atoms with Crippen LogP contribution in [0.25, 0.3) is 5.82 Å².